The van der Waals surface area contributed by atoms with Crippen molar-refractivity contribution in [1.82, 2.24) is 4.98 Å². The summed E-state index contributed by atoms with van der Waals surface area (Å²) < 4.78 is 11.7. The lowest BCUT2D eigenvalue weighted by Gasteiger charge is -2.23. The number of anilines is 1. The van der Waals surface area contributed by atoms with E-state index in [0.29, 0.717) is 12.0 Å². The van der Waals surface area contributed by atoms with Crippen LogP contribution in [-0.4, -0.2) is 30.8 Å². The smallest absolute Gasteiger partial charge is 0.259 e. The molecule has 4 heteroatoms. The van der Waals surface area contributed by atoms with Gasteiger partial charge >= 0.3 is 0 Å². The van der Waals surface area contributed by atoms with Gasteiger partial charge in [-0.1, -0.05) is 0 Å². The summed E-state index contributed by atoms with van der Waals surface area (Å²) in [6, 6.07) is 3.90. The molecule has 1 aromatic heterocycles. The zero-order valence-electron chi connectivity index (χ0n) is 11.9. The van der Waals surface area contributed by atoms with E-state index < -0.39 is 0 Å². The molecule has 1 aliphatic carbocycles. The maximum Gasteiger partial charge on any atom is 0.259 e. The Kier molecular flexibility index (Phi) is 3.37. The van der Waals surface area contributed by atoms with Gasteiger partial charge in [0.2, 0.25) is 0 Å². The summed E-state index contributed by atoms with van der Waals surface area (Å²) in [4.78, 5) is 6.47. The van der Waals surface area contributed by atoms with Gasteiger partial charge in [-0.3, -0.25) is 0 Å². The molecule has 0 aliphatic heterocycles. The van der Waals surface area contributed by atoms with Crippen molar-refractivity contribution in [3.63, 3.8) is 0 Å². The van der Waals surface area contributed by atoms with E-state index in [2.05, 4.69) is 4.98 Å². The van der Waals surface area contributed by atoms with E-state index in [4.69, 9.17) is 9.47 Å². The van der Waals surface area contributed by atoms with E-state index in [9.17, 15) is 0 Å². The standard InChI is InChI=1S/C14H22N2O2/c1-14(2,3)18-13-11(17-10-6-7-10)8-9-12(15-13)16(4)5/h8-10H,6-7H2,1-5H3. The third-order valence-corrected chi connectivity index (χ3v) is 2.49. The van der Waals surface area contributed by atoms with Crippen LogP contribution in [-0.2, 0) is 0 Å². The molecule has 0 aromatic carbocycles. The summed E-state index contributed by atoms with van der Waals surface area (Å²) >= 11 is 0. The molecule has 0 spiro atoms. The predicted molar refractivity (Wildman–Crippen MR) is 72.6 cm³/mol. The second kappa shape index (κ2) is 4.67. The Labute approximate surface area is 109 Å². The van der Waals surface area contributed by atoms with Crippen molar-refractivity contribution in [2.45, 2.75) is 45.3 Å². The lowest BCUT2D eigenvalue weighted by Crippen LogP contribution is -2.24. The van der Waals surface area contributed by atoms with E-state index in [1.54, 1.807) is 0 Å². The van der Waals surface area contributed by atoms with Gasteiger partial charge in [-0.05, 0) is 45.7 Å². The minimum atomic E-state index is -0.278. The number of hydrogen-bond acceptors (Lipinski definition) is 4. The highest BCUT2D eigenvalue weighted by Crippen LogP contribution is 2.35. The molecule has 0 bridgehead atoms. The van der Waals surface area contributed by atoms with Gasteiger partial charge in [0.1, 0.15) is 11.4 Å². The van der Waals surface area contributed by atoms with Gasteiger partial charge in [0.05, 0.1) is 6.10 Å². The molecule has 0 radical (unpaired) electrons. The molecule has 1 aromatic rings. The number of ether oxygens (including phenoxy) is 2. The van der Waals surface area contributed by atoms with Crippen LogP contribution in [0.4, 0.5) is 5.82 Å². The zero-order valence-corrected chi connectivity index (χ0v) is 11.9. The van der Waals surface area contributed by atoms with Crippen LogP contribution in [0, 0.1) is 0 Å². The molecule has 1 saturated carbocycles. The van der Waals surface area contributed by atoms with Gasteiger partial charge in [0.15, 0.2) is 5.75 Å². The van der Waals surface area contributed by atoms with Gasteiger partial charge in [0, 0.05) is 14.1 Å². The van der Waals surface area contributed by atoms with Gasteiger partial charge < -0.3 is 14.4 Å². The number of aromatic nitrogens is 1. The number of nitrogens with zero attached hydrogens (tertiary/aromatic N) is 2. The monoisotopic (exact) mass is 250 g/mol. The van der Waals surface area contributed by atoms with Crippen LogP contribution in [0.15, 0.2) is 12.1 Å². The third kappa shape index (κ3) is 3.52. The Morgan fingerprint density at radius 1 is 1.22 bits per heavy atom. The summed E-state index contributed by atoms with van der Waals surface area (Å²) in [5.41, 5.74) is -0.278. The summed E-state index contributed by atoms with van der Waals surface area (Å²) in [5, 5.41) is 0. The fraction of sp³-hybridized carbons (Fsp3) is 0.643. The predicted octanol–water partition coefficient (Wildman–Crippen LogP) is 2.87. The fourth-order valence-corrected chi connectivity index (χ4v) is 1.49. The lowest BCUT2D eigenvalue weighted by atomic mass is 10.2. The van der Waals surface area contributed by atoms with Crippen LogP contribution in [0.5, 0.6) is 11.6 Å². The molecule has 1 aliphatic rings. The molecule has 1 fully saturated rings. The SMILES string of the molecule is CN(C)c1ccc(OC2CC2)c(OC(C)(C)C)n1. The van der Waals surface area contributed by atoms with Crippen LogP contribution < -0.4 is 14.4 Å². The Balaban J connectivity index is 2.26. The normalized spacial score (nSPS) is 15.4. The van der Waals surface area contributed by atoms with Crippen molar-refractivity contribution >= 4 is 5.82 Å². The Hall–Kier alpha value is -1.45. The second-order valence-electron chi connectivity index (χ2n) is 5.90. The van der Waals surface area contributed by atoms with Crippen molar-refractivity contribution in [3.8, 4) is 11.6 Å². The number of hydrogen-bond donors (Lipinski definition) is 0. The topological polar surface area (TPSA) is 34.6 Å². The van der Waals surface area contributed by atoms with E-state index in [-0.39, 0.29) is 5.60 Å². The first-order chi connectivity index (χ1) is 8.35. The van der Waals surface area contributed by atoms with E-state index in [1.165, 1.54) is 0 Å². The van der Waals surface area contributed by atoms with E-state index in [1.807, 2.05) is 51.9 Å². The maximum atomic E-state index is 5.89. The molecule has 100 valence electrons. The van der Waals surface area contributed by atoms with Gasteiger partial charge in [-0.15, -0.1) is 0 Å². The second-order valence-corrected chi connectivity index (χ2v) is 5.90. The highest BCUT2D eigenvalue weighted by atomic mass is 16.5. The summed E-state index contributed by atoms with van der Waals surface area (Å²) in [7, 11) is 3.93. The van der Waals surface area contributed by atoms with Crippen molar-refractivity contribution in [1.29, 1.82) is 0 Å². The first kappa shape index (κ1) is 13.0. The first-order valence-corrected chi connectivity index (χ1v) is 6.39. The molecule has 0 N–H and O–H groups in total. The molecule has 0 atom stereocenters. The van der Waals surface area contributed by atoms with Crippen LogP contribution in [0.2, 0.25) is 0 Å². The molecule has 0 amide bonds. The highest BCUT2D eigenvalue weighted by Gasteiger charge is 2.26. The fourth-order valence-electron chi connectivity index (χ4n) is 1.49. The van der Waals surface area contributed by atoms with Crippen LogP contribution >= 0.6 is 0 Å². The van der Waals surface area contributed by atoms with Gasteiger partial charge in [-0.2, -0.15) is 4.98 Å². The molecule has 1 heterocycles. The summed E-state index contributed by atoms with van der Waals surface area (Å²) in [5.74, 6) is 2.20. The number of pyridine rings is 1. The maximum absolute atomic E-state index is 5.89. The highest BCUT2D eigenvalue weighted by molar-refractivity contribution is 5.46. The Morgan fingerprint density at radius 2 is 1.89 bits per heavy atom. The zero-order chi connectivity index (χ0) is 13.3. The molecule has 2 rings (SSSR count). The summed E-state index contributed by atoms with van der Waals surface area (Å²) in [6.07, 6.45) is 2.61. The van der Waals surface area contributed by atoms with Crippen molar-refractivity contribution < 1.29 is 9.47 Å². The molecule has 0 saturated heterocycles. The number of rotatable bonds is 4. The van der Waals surface area contributed by atoms with Crippen molar-refractivity contribution in [2.24, 2.45) is 0 Å². The average Bonchev–Trinajstić information content (AvgIpc) is 3.02. The third-order valence-electron chi connectivity index (χ3n) is 2.49. The minimum Gasteiger partial charge on any atom is -0.485 e. The van der Waals surface area contributed by atoms with Crippen LogP contribution in [0.1, 0.15) is 33.6 Å². The Bertz CT molecular complexity index is 420. The largest absolute Gasteiger partial charge is 0.485 e. The van der Waals surface area contributed by atoms with Gasteiger partial charge in [0.25, 0.3) is 5.88 Å². The summed E-state index contributed by atoms with van der Waals surface area (Å²) in [6.45, 7) is 6.04. The van der Waals surface area contributed by atoms with Crippen molar-refractivity contribution in [3.05, 3.63) is 12.1 Å². The molecule has 4 nitrogen and oxygen atoms in total. The molecular formula is C14H22N2O2. The average molecular weight is 250 g/mol. The van der Waals surface area contributed by atoms with E-state index >= 15 is 0 Å². The molecule has 0 unspecified atom stereocenters. The molecule has 18 heavy (non-hydrogen) atoms. The molecular weight excluding hydrogens is 228 g/mol. The lowest BCUT2D eigenvalue weighted by molar-refractivity contribution is 0.115. The first-order valence-electron chi connectivity index (χ1n) is 6.39. The van der Waals surface area contributed by atoms with Gasteiger partial charge in [-0.25, -0.2) is 0 Å². The minimum absolute atomic E-state index is 0.278. The van der Waals surface area contributed by atoms with Crippen LogP contribution in [0.25, 0.3) is 0 Å². The van der Waals surface area contributed by atoms with Crippen molar-refractivity contribution in [2.75, 3.05) is 19.0 Å². The van der Waals surface area contributed by atoms with E-state index in [0.717, 1.165) is 24.4 Å². The quantitative estimate of drug-likeness (QED) is 0.823. The van der Waals surface area contributed by atoms with Crippen LogP contribution in [0.3, 0.4) is 0 Å². The Morgan fingerprint density at radius 3 is 2.39 bits per heavy atom.